The van der Waals surface area contributed by atoms with Crippen molar-refractivity contribution in [3.8, 4) is 0 Å². The Morgan fingerprint density at radius 1 is 1.58 bits per heavy atom. The zero-order valence-corrected chi connectivity index (χ0v) is 10.3. The van der Waals surface area contributed by atoms with Gasteiger partial charge < -0.3 is 10.0 Å². The molecule has 1 aliphatic rings. The van der Waals surface area contributed by atoms with Crippen LogP contribution in [0, 0.1) is 16.0 Å². The molecule has 1 aromatic carbocycles. The summed E-state index contributed by atoms with van der Waals surface area (Å²) in [5.74, 6) is -0.0709. The van der Waals surface area contributed by atoms with Gasteiger partial charge in [0.1, 0.15) is 0 Å². The van der Waals surface area contributed by atoms with Gasteiger partial charge in [-0.1, -0.05) is 6.08 Å². The van der Waals surface area contributed by atoms with Crippen LogP contribution >= 0.6 is 0 Å². The normalized spacial score (nSPS) is 18.7. The first-order chi connectivity index (χ1) is 9.06. The summed E-state index contributed by atoms with van der Waals surface area (Å²) in [4.78, 5) is 23.7. The summed E-state index contributed by atoms with van der Waals surface area (Å²) in [6.45, 7) is 3.83. The quantitative estimate of drug-likeness (QED) is 0.507. The molecule has 1 N–H and O–H groups in total. The van der Waals surface area contributed by atoms with E-state index in [0.29, 0.717) is 24.2 Å². The topological polar surface area (TPSA) is 83.7 Å². The lowest BCUT2D eigenvalue weighted by molar-refractivity contribution is -0.384. The van der Waals surface area contributed by atoms with Gasteiger partial charge in [0.05, 0.1) is 17.2 Å². The molecule has 0 aliphatic carbocycles. The monoisotopic (exact) mass is 262 g/mol. The SMILES string of the molecule is C=CC1CC(=O)N(c2cc([N+](=O)[O-])ccc2CO)C1. The highest BCUT2D eigenvalue weighted by Gasteiger charge is 2.30. The van der Waals surface area contributed by atoms with Crippen LogP contribution < -0.4 is 4.90 Å². The number of aliphatic hydroxyl groups is 1. The summed E-state index contributed by atoms with van der Waals surface area (Å²) in [7, 11) is 0. The van der Waals surface area contributed by atoms with E-state index in [-0.39, 0.29) is 24.1 Å². The first-order valence-corrected chi connectivity index (χ1v) is 5.88. The maximum absolute atomic E-state index is 11.9. The maximum atomic E-state index is 11.9. The molecule has 0 aromatic heterocycles. The second kappa shape index (κ2) is 5.19. The molecule has 0 saturated carbocycles. The Labute approximate surface area is 110 Å². The summed E-state index contributed by atoms with van der Waals surface area (Å²) >= 11 is 0. The van der Waals surface area contributed by atoms with Crippen molar-refractivity contribution < 1.29 is 14.8 Å². The smallest absolute Gasteiger partial charge is 0.271 e. The highest BCUT2D eigenvalue weighted by molar-refractivity contribution is 5.97. The van der Waals surface area contributed by atoms with E-state index in [1.165, 1.54) is 23.1 Å². The molecule has 2 rings (SSSR count). The molecule has 0 radical (unpaired) electrons. The third-order valence-electron chi connectivity index (χ3n) is 3.23. The molecule has 0 spiro atoms. The van der Waals surface area contributed by atoms with Gasteiger partial charge in [-0.3, -0.25) is 14.9 Å². The summed E-state index contributed by atoms with van der Waals surface area (Å²) in [5.41, 5.74) is 0.816. The Balaban J connectivity index is 2.42. The number of anilines is 1. The van der Waals surface area contributed by atoms with Gasteiger partial charge in [-0.15, -0.1) is 6.58 Å². The zero-order chi connectivity index (χ0) is 14.0. The molecule has 0 bridgehead atoms. The second-order valence-electron chi connectivity index (χ2n) is 4.43. The van der Waals surface area contributed by atoms with Crippen LogP contribution in [0.15, 0.2) is 30.9 Å². The molecule has 100 valence electrons. The summed E-state index contributed by atoms with van der Waals surface area (Å²) in [6.07, 6.45) is 2.05. The van der Waals surface area contributed by atoms with Crippen LogP contribution in [0.1, 0.15) is 12.0 Å². The van der Waals surface area contributed by atoms with Crippen molar-refractivity contribution in [2.24, 2.45) is 5.92 Å². The number of hydrogen-bond acceptors (Lipinski definition) is 4. The van der Waals surface area contributed by atoms with Crippen LogP contribution in [0.25, 0.3) is 0 Å². The molecule has 1 saturated heterocycles. The van der Waals surface area contributed by atoms with Crippen molar-refractivity contribution in [1.29, 1.82) is 0 Å². The molecular weight excluding hydrogens is 248 g/mol. The van der Waals surface area contributed by atoms with Crippen molar-refractivity contribution in [3.05, 3.63) is 46.5 Å². The number of hydrogen-bond donors (Lipinski definition) is 1. The van der Waals surface area contributed by atoms with E-state index in [4.69, 9.17) is 0 Å². The van der Waals surface area contributed by atoms with Crippen LogP contribution in [0.4, 0.5) is 11.4 Å². The number of nitro groups is 1. The van der Waals surface area contributed by atoms with E-state index in [1.807, 2.05) is 0 Å². The van der Waals surface area contributed by atoms with Gasteiger partial charge >= 0.3 is 0 Å². The van der Waals surface area contributed by atoms with Crippen molar-refractivity contribution >= 4 is 17.3 Å². The highest BCUT2D eigenvalue weighted by Crippen LogP contribution is 2.31. The minimum absolute atomic E-state index is 0.0401. The molecule has 6 nitrogen and oxygen atoms in total. The number of carbonyl (C=O) groups is 1. The minimum atomic E-state index is -0.518. The lowest BCUT2D eigenvalue weighted by atomic mass is 10.1. The van der Waals surface area contributed by atoms with Crippen LogP contribution in [0.5, 0.6) is 0 Å². The third kappa shape index (κ3) is 2.48. The van der Waals surface area contributed by atoms with E-state index in [1.54, 1.807) is 6.08 Å². The Kier molecular flexibility index (Phi) is 3.62. The predicted molar refractivity (Wildman–Crippen MR) is 69.7 cm³/mol. The van der Waals surface area contributed by atoms with Gasteiger partial charge in [0, 0.05) is 36.6 Å². The van der Waals surface area contributed by atoms with Crippen LogP contribution in [-0.2, 0) is 11.4 Å². The van der Waals surface area contributed by atoms with Crippen LogP contribution in [-0.4, -0.2) is 22.5 Å². The molecule has 19 heavy (non-hydrogen) atoms. The van der Waals surface area contributed by atoms with Crippen LogP contribution in [0.2, 0.25) is 0 Å². The van der Waals surface area contributed by atoms with Gasteiger partial charge in [-0.05, 0) is 6.07 Å². The third-order valence-corrected chi connectivity index (χ3v) is 3.23. The summed E-state index contributed by atoms with van der Waals surface area (Å²) in [6, 6.07) is 4.12. The Morgan fingerprint density at radius 2 is 2.32 bits per heavy atom. The number of nitro benzene ring substituents is 1. The Bertz CT molecular complexity index is 541. The number of non-ortho nitro benzene ring substituents is 1. The standard InChI is InChI=1S/C13H14N2O4/c1-2-9-5-13(17)14(7-9)12-6-11(15(18)19)4-3-10(12)8-16/h2-4,6,9,16H,1,5,7-8H2. The van der Waals surface area contributed by atoms with E-state index in [2.05, 4.69) is 6.58 Å². The summed E-state index contributed by atoms with van der Waals surface area (Å²) in [5, 5.41) is 20.1. The lowest BCUT2D eigenvalue weighted by Crippen LogP contribution is -2.25. The van der Waals surface area contributed by atoms with Gasteiger partial charge in [0.2, 0.25) is 5.91 Å². The Morgan fingerprint density at radius 3 is 2.84 bits per heavy atom. The van der Waals surface area contributed by atoms with Crippen molar-refractivity contribution in [2.45, 2.75) is 13.0 Å². The predicted octanol–water partition coefficient (Wildman–Crippen LogP) is 1.63. The number of amides is 1. The fourth-order valence-corrected chi connectivity index (χ4v) is 2.18. The average Bonchev–Trinajstić information content (AvgIpc) is 2.79. The number of carbonyl (C=O) groups excluding carboxylic acids is 1. The number of benzene rings is 1. The Hall–Kier alpha value is -2.21. The van der Waals surface area contributed by atoms with E-state index in [0.717, 1.165) is 0 Å². The second-order valence-corrected chi connectivity index (χ2v) is 4.43. The van der Waals surface area contributed by atoms with Gasteiger partial charge in [-0.2, -0.15) is 0 Å². The molecular formula is C13H14N2O4. The van der Waals surface area contributed by atoms with Crippen molar-refractivity contribution in [3.63, 3.8) is 0 Å². The molecule has 1 amide bonds. The molecule has 1 aliphatic heterocycles. The van der Waals surface area contributed by atoms with E-state index >= 15 is 0 Å². The molecule has 1 heterocycles. The fraction of sp³-hybridized carbons (Fsp3) is 0.308. The van der Waals surface area contributed by atoms with Gasteiger partial charge in [0.25, 0.3) is 5.69 Å². The maximum Gasteiger partial charge on any atom is 0.271 e. The number of nitrogens with zero attached hydrogens (tertiary/aromatic N) is 2. The molecule has 1 aromatic rings. The van der Waals surface area contributed by atoms with E-state index in [9.17, 15) is 20.0 Å². The van der Waals surface area contributed by atoms with Crippen molar-refractivity contribution in [2.75, 3.05) is 11.4 Å². The molecule has 1 fully saturated rings. The van der Waals surface area contributed by atoms with E-state index < -0.39 is 4.92 Å². The fourth-order valence-electron chi connectivity index (χ4n) is 2.18. The minimum Gasteiger partial charge on any atom is -0.392 e. The zero-order valence-electron chi connectivity index (χ0n) is 10.3. The lowest BCUT2D eigenvalue weighted by Gasteiger charge is -2.19. The van der Waals surface area contributed by atoms with Crippen molar-refractivity contribution in [1.82, 2.24) is 0 Å². The largest absolute Gasteiger partial charge is 0.392 e. The molecule has 1 unspecified atom stereocenters. The summed E-state index contributed by atoms with van der Waals surface area (Å²) < 4.78 is 0. The number of rotatable bonds is 4. The average molecular weight is 262 g/mol. The van der Waals surface area contributed by atoms with Gasteiger partial charge in [0.15, 0.2) is 0 Å². The number of aliphatic hydroxyl groups excluding tert-OH is 1. The molecule has 1 atom stereocenters. The highest BCUT2D eigenvalue weighted by atomic mass is 16.6. The first kappa shape index (κ1) is 13.2. The first-order valence-electron chi connectivity index (χ1n) is 5.88. The van der Waals surface area contributed by atoms with Crippen LogP contribution in [0.3, 0.4) is 0 Å². The van der Waals surface area contributed by atoms with Gasteiger partial charge in [-0.25, -0.2) is 0 Å². The molecule has 6 heteroatoms.